The van der Waals surface area contributed by atoms with E-state index in [9.17, 15) is 0 Å². The summed E-state index contributed by atoms with van der Waals surface area (Å²) >= 11 is 7.93. The van der Waals surface area contributed by atoms with Crippen LogP contribution >= 0.6 is 23.4 Å². The Bertz CT molecular complexity index is 385. The lowest BCUT2D eigenvalue weighted by atomic mass is 10.2. The summed E-state index contributed by atoms with van der Waals surface area (Å²) in [6, 6.07) is 7.55. The molecule has 1 aromatic rings. The number of nitriles is 1. The average Bonchev–Trinajstić information content (AvgIpc) is 2.25. The third kappa shape index (κ3) is 4.44. The monoisotopic (exact) mass is 254 g/mol. The van der Waals surface area contributed by atoms with Gasteiger partial charge in [0.1, 0.15) is 0 Å². The van der Waals surface area contributed by atoms with Gasteiger partial charge in [0.15, 0.2) is 0 Å². The molecule has 0 bridgehead atoms. The number of benzene rings is 1. The molecule has 4 heteroatoms. The Balaban J connectivity index is 2.46. The van der Waals surface area contributed by atoms with Gasteiger partial charge in [0.25, 0.3) is 0 Å². The zero-order valence-electron chi connectivity index (χ0n) is 9.53. The predicted molar refractivity (Wildman–Crippen MR) is 70.9 cm³/mol. The van der Waals surface area contributed by atoms with Crippen LogP contribution in [0.15, 0.2) is 18.2 Å². The molecule has 0 aliphatic carbocycles. The van der Waals surface area contributed by atoms with Crippen LogP contribution in [0.1, 0.15) is 11.1 Å². The van der Waals surface area contributed by atoms with Gasteiger partial charge in [-0.15, -0.1) is 0 Å². The number of thioether (sulfide) groups is 1. The maximum atomic E-state index is 8.71. The van der Waals surface area contributed by atoms with Crippen LogP contribution in [0.2, 0.25) is 5.02 Å². The molecule has 16 heavy (non-hydrogen) atoms. The van der Waals surface area contributed by atoms with E-state index in [2.05, 4.69) is 25.1 Å². The molecular weight excluding hydrogens is 240 g/mol. The molecule has 0 aromatic heterocycles. The first-order chi connectivity index (χ1) is 7.63. The Labute approximate surface area is 106 Å². The number of nitrogens with zero attached hydrogens (tertiary/aromatic N) is 2. The molecule has 0 saturated heterocycles. The lowest BCUT2D eigenvalue weighted by Gasteiger charge is -2.09. The van der Waals surface area contributed by atoms with E-state index in [1.807, 2.05) is 23.9 Å². The van der Waals surface area contributed by atoms with Crippen LogP contribution in [0.4, 0.5) is 0 Å². The maximum Gasteiger partial charge on any atom is 0.0992 e. The van der Waals surface area contributed by atoms with Crippen molar-refractivity contribution in [2.24, 2.45) is 0 Å². The van der Waals surface area contributed by atoms with Crippen molar-refractivity contribution < 1.29 is 0 Å². The van der Waals surface area contributed by atoms with E-state index < -0.39 is 0 Å². The molecule has 0 amide bonds. The van der Waals surface area contributed by atoms with Gasteiger partial charge in [0.2, 0.25) is 0 Å². The van der Waals surface area contributed by atoms with Crippen molar-refractivity contribution >= 4 is 23.4 Å². The summed E-state index contributed by atoms with van der Waals surface area (Å²) in [5.41, 5.74) is 1.72. The Morgan fingerprint density at radius 3 is 2.75 bits per heavy atom. The minimum absolute atomic E-state index is 0.618. The highest BCUT2D eigenvalue weighted by molar-refractivity contribution is 7.98. The summed E-state index contributed by atoms with van der Waals surface area (Å²) in [5.74, 6) is 1.99. The number of hydrogen-bond donors (Lipinski definition) is 0. The van der Waals surface area contributed by atoms with Gasteiger partial charge in [-0.2, -0.15) is 17.0 Å². The van der Waals surface area contributed by atoms with E-state index in [1.165, 1.54) is 0 Å². The Morgan fingerprint density at radius 2 is 2.19 bits per heavy atom. The SMILES string of the molecule is CN(C)CCSCc1ccc(C#N)cc1Cl. The molecule has 1 aromatic carbocycles. The summed E-state index contributed by atoms with van der Waals surface area (Å²) < 4.78 is 0. The standard InChI is InChI=1S/C12H15ClN2S/c1-15(2)5-6-16-9-11-4-3-10(8-14)7-12(11)13/h3-4,7H,5-6,9H2,1-2H3. The molecule has 0 aliphatic rings. The van der Waals surface area contributed by atoms with Gasteiger partial charge in [0, 0.05) is 23.1 Å². The zero-order chi connectivity index (χ0) is 12.0. The van der Waals surface area contributed by atoms with Gasteiger partial charge in [-0.25, -0.2) is 0 Å². The highest BCUT2D eigenvalue weighted by Crippen LogP contribution is 2.22. The topological polar surface area (TPSA) is 27.0 Å². The number of rotatable bonds is 5. The van der Waals surface area contributed by atoms with Gasteiger partial charge >= 0.3 is 0 Å². The van der Waals surface area contributed by atoms with Gasteiger partial charge < -0.3 is 4.90 Å². The first kappa shape index (κ1) is 13.4. The van der Waals surface area contributed by atoms with E-state index >= 15 is 0 Å². The molecular formula is C12H15ClN2S. The fraction of sp³-hybridized carbons (Fsp3) is 0.417. The van der Waals surface area contributed by atoms with Crippen molar-refractivity contribution in [1.82, 2.24) is 4.90 Å². The molecule has 86 valence electrons. The molecule has 2 nitrogen and oxygen atoms in total. The predicted octanol–water partition coefficient (Wildman–Crippen LogP) is 3.01. The normalized spacial score (nSPS) is 10.4. The first-order valence-corrected chi connectivity index (χ1v) is 6.57. The second kappa shape index (κ2) is 6.80. The van der Waals surface area contributed by atoms with Crippen molar-refractivity contribution in [3.63, 3.8) is 0 Å². The maximum absolute atomic E-state index is 8.71. The van der Waals surface area contributed by atoms with Crippen molar-refractivity contribution in [3.8, 4) is 6.07 Å². The Morgan fingerprint density at radius 1 is 1.44 bits per heavy atom. The van der Waals surface area contributed by atoms with E-state index in [0.29, 0.717) is 10.6 Å². The van der Waals surface area contributed by atoms with E-state index in [-0.39, 0.29) is 0 Å². The third-order valence-electron chi connectivity index (χ3n) is 2.12. The van der Waals surface area contributed by atoms with Crippen LogP contribution < -0.4 is 0 Å². The molecule has 0 saturated carbocycles. The second-order valence-electron chi connectivity index (χ2n) is 3.77. The summed E-state index contributed by atoms with van der Waals surface area (Å²) in [6.07, 6.45) is 0. The largest absolute Gasteiger partial charge is 0.309 e. The lowest BCUT2D eigenvalue weighted by molar-refractivity contribution is 0.437. The van der Waals surface area contributed by atoms with Crippen molar-refractivity contribution in [3.05, 3.63) is 34.3 Å². The summed E-state index contributed by atoms with van der Waals surface area (Å²) in [4.78, 5) is 2.16. The minimum atomic E-state index is 0.618. The smallest absolute Gasteiger partial charge is 0.0992 e. The van der Waals surface area contributed by atoms with Gasteiger partial charge in [-0.05, 0) is 31.8 Å². The van der Waals surface area contributed by atoms with Crippen molar-refractivity contribution in [2.75, 3.05) is 26.4 Å². The summed E-state index contributed by atoms with van der Waals surface area (Å²) in [5, 5.41) is 9.40. The van der Waals surface area contributed by atoms with Crippen LogP contribution in [-0.4, -0.2) is 31.3 Å². The van der Waals surface area contributed by atoms with Crippen molar-refractivity contribution in [1.29, 1.82) is 5.26 Å². The molecule has 0 spiro atoms. The number of hydrogen-bond acceptors (Lipinski definition) is 3. The summed E-state index contributed by atoms with van der Waals surface area (Å²) in [6.45, 7) is 1.07. The average molecular weight is 255 g/mol. The molecule has 1 rings (SSSR count). The zero-order valence-corrected chi connectivity index (χ0v) is 11.1. The van der Waals surface area contributed by atoms with Crippen LogP contribution in [0.3, 0.4) is 0 Å². The lowest BCUT2D eigenvalue weighted by Crippen LogP contribution is -2.14. The molecule has 0 aliphatic heterocycles. The minimum Gasteiger partial charge on any atom is -0.309 e. The molecule has 0 heterocycles. The number of halogens is 1. The molecule has 0 radical (unpaired) electrons. The van der Waals surface area contributed by atoms with Gasteiger partial charge in [0.05, 0.1) is 11.6 Å². The second-order valence-corrected chi connectivity index (χ2v) is 5.29. The van der Waals surface area contributed by atoms with Gasteiger partial charge in [-0.3, -0.25) is 0 Å². The Kier molecular flexibility index (Phi) is 5.68. The molecule has 0 unspecified atom stereocenters. The molecule has 0 atom stereocenters. The molecule has 0 N–H and O–H groups in total. The highest BCUT2D eigenvalue weighted by Gasteiger charge is 2.02. The van der Waals surface area contributed by atoms with Crippen LogP contribution in [0.5, 0.6) is 0 Å². The fourth-order valence-electron chi connectivity index (χ4n) is 1.16. The third-order valence-corrected chi connectivity index (χ3v) is 3.46. The highest BCUT2D eigenvalue weighted by atomic mass is 35.5. The summed E-state index contributed by atoms with van der Waals surface area (Å²) in [7, 11) is 4.13. The van der Waals surface area contributed by atoms with Crippen LogP contribution in [0, 0.1) is 11.3 Å². The van der Waals surface area contributed by atoms with Crippen molar-refractivity contribution in [2.45, 2.75) is 5.75 Å². The van der Waals surface area contributed by atoms with E-state index in [1.54, 1.807) is 6.07 Å². The molecule has 0 fully saturated rings. The van der Waals surface area contributed by atoms with E-state index in [0.717, 1.165) is 23.6 Å². The van der Waals surface area contributed by atoms with Gasteiger partial charge in [-0.1, -0.05) is 17.7 Å². The first-order valence-electron chi connectivity index (χ1n) is 5.04. The fourth-order valence-corrected chi connectivity index (χ4v) is 2.60. The Hall–Kier alpha value is -0.690. The van der Waals surface area contributed by atoms with Crippen LogP contribution in [-0.2, 0) is 5.75 Å². The quantitative estimate of drug-likeness (QED) is 0.756. The van der Waals surface area contributed by atoms with E-state index in [4.69, 9.17) is 16.9 Å². The van der Waals surface area contributed by atoms with Crippen LogP contribution in [0.25, 0.3) is 0 Å².